The summed E-state index contributed by atoms with van der Waals surface area (Å²) >= 11 is 3.32. The lowest BCUT2D eigenvalue weighted by Gasteiger charge is -1.97. The third-order valence-corrected chi connectivity index (χ3v) is 2.21. The van der Waals surface area contributed by atoms with Crippen LogP contribution in [0.5, 0.6) is 5.75 Å². The van der Waals surface area contributed by atoms with Crippen LogP contribution in [0.15, 0.2) is 28.9 Å². The molecule has 1 aromatic heterocycles. The number of fused-ring (bicyclic) bond motifs is 1. The summed E-state index contributed by atoms with van der Waals surface area (Å²) in [5.41, 5.74) is 0.766. The van der Waals surface area contributed by atoms with Crippen LogP contribution in [0.1, 0.15) is 0 Å². The zero-order chi connectivity index (χ0) is 8.55. The first-order valence-corrected chi connectivity index (χ1v) is 4.16. The van der Waals surface area contributed by atoms with E-state index in [9.17, 15) is 5.11 Å². The standard InChI is InChI=1S/C8H5BrN2O/c9-7-4-10-11-8-2-1-5(12)3-6(7)8/h1-4,12H. The maximum absolute atomic E-state index is 9.19. The molecular weight excluding hydrogens is 220 g/mol. The molecule has 0 radical (unpaired) electrons. The maximum Gasteiger partial charge on any atom is 0.116 e. The fourth-order valence-corrected chi connectivity index (χ4v) is 1.42. The lowest BCUT2D eigenvalue weighted by atomic mass is 10.2. The molecule has 0 atom stereocenters. The molecule has 2 aromatic rings. The fraction of sp³-hybridized carbons (Fsp3) is 0. The third-order valence-electron chi connectivity index (χ3n) is 1.57. The Morgan fingerprint density at radius 1 is 1.33 bits per heavy atom. The average Bonchev–Trinajstić information content (AvgIpc) is 2.07. The zero-order valence-corrected chi connectivity index (χ0v) is 7.62. The predicted molar refractivity (Wildman–Crippen MR) is 48.9 cm³/mol. The van der Waals surface area contributed by atoms with E-state index in [0.717, 1.165) is 15.4 Å². The molecule has 1 heterocycles. The third kappa shape index (κ3) is 1.14. The summed E-state index contributed by atoms with van der Waals surface area (Å²) in [6, 6.07) is 4.96. The Morgan fingerprint density at radius 2 is 2.17 bits per heavy atom. The van der Waals surface area contributed by atoms with E-state index in [2.05, 4.69) is 26.1 Å². The molecule has 3 nitrogen and oxygen atoms in total. The number of nitrogens with zero attached hydrogens (tertiary/aromatic N) is 2. The highest BCUT2D eigenvalue weighted by Gasteiger charge is 2.00. The van der Waals surface area contributed by atoms with Crippen LogP contribution in [0, 0.1) is 0 Å². The number of phenols is 1. The minimum absolute atomic E-state index is 0.233. The monoisotopic (exact) mass is 224 g/mol. The number of aromatic hydroxyl groups is 1. The average molecular weight is 225 g/mol. The van der Waals surface area contributed by atoms with E-state index < -0.39 is 0 Å². The van der Waals surface area contributed by atoms with Gasteiger partial charge in [-0.3, -0.25) is 0 Å². The molecule has 4 heteroatoms. The quantitative estimate of drug-likeness (QED) is 0.746. The molecule has 0 spiro atoms. The molecule has 1 N–H and O–H groups in total. The molecule has 0 bridgehead atoms. The van der Waals surface area contributed by atoms with Crippen LogP contribution in [0.3, 0.4) is 0 Å². The fourth-order valence-electron chi connectivity index (χ4n) is 1.01. The summed E-state index contributed by atoms with van der Waals surface area (Å²) in [7, 11) is 0. The van der Waals surface area contributed by atoms with Gasteiger partial charge in [-0.1, -0.05) is 0 Å². The zero-order valence-electron chi connectivity index (χ0n) is 6.03. The van der Waals surface area contributed by atoms with Gasteiger partial charge in [0, 0.05) is 9.86 Å². The first-order valence-electron chi connectivity index (χ1n) is 3.37. The normalized spacial score (nSPS) is 10.4. The topological polar surface area (TPSA) is 46.0 Å². The van der Waals surface area contributed by atoms with E-state index >= 15 is 0 Å². The van der Waals surface area contributed by atoms with Crippen molar-refractivity contribution in [3.8, 4) is 5.75 Å². The van der Waals surface area contributed by atoms with Crippen LogP contribution in [0.2, 0.25) is 0 Å². The van der Waals surface area contributed by atoms with Gasteiger partial charge < -0.3 is 5.11 Å². The number of halogens is 1. The Labute approximate surface area is 77.2 Å². The summed E-state index contributed by atoms with van der Waals surface area (Å²) in [5.74, 6) is 0.233. The molecule has 0 aliphatic rings. The molecule has 0 unspecified atom stereocenters. The van der Waals surface area contributed by atoms with E-state index in [1.54, 1.807) is 24.4 Å². The molecule has 0 saturated heterocycles. The second kappa shape index (κ2) is 2.71. The second-order valence-corrected chi connectivity index (χ2v) is 3.25. The summed E-state index contributed by atoms with van der Waals surface area (Å²) in [6.45, 7) is 0. The van der Waals surface area contributed by atoms with Crippen LogP contribution in [0.25, 0.3) is 10.9 Å². The van der Waals surface area contributed by atoms with Crippen LogP contribution < -0.4 is 0 Å². The van der Waals surface area contributed by atoms with E-state index in [-0.39, 0.29) is 5.75 Å². The van der Waals surface area contributed by atoms with Crippen molar-refractivity contribution in [3.63, 3.8) is 0 Å². The largest absolute Gasteiger partial charge is 0.508 e. The van der Waals surface area contributed by atoms with Crippen molar-refractivity contribution in [3.05, 3.63) is 28.9 Å². The van der Waals surface area contributed by atoms with Gasteiger partial charge in [0.2, 0.25) is 0 Å². The molecule has 0 fully saturated rings. The first kappa shape index (κ1) is 7.49. The number of benzene rings is 1. The highest BCUT2D eigenvalue weighted by Crippen LogP contribution is 2.24. The SMILES string of the molecule is Oc1ccc2nncc(Br)c2c1. The van der Waals surface area contributed by atoms with Gasteiger partial charge in [0.15, 0.2) is 0 Å². The van der Waals surface area contributed by atoms with E-state index in [0.29, 0.717) is 0 Å². The molecule has 0 amide bonds. The Hall–Kier alpha value is -1.16. The summed E-state index contributed by atoms with van der Waals surface area (Å²) in [6.07, 6.45) is 1.60. The van der Waals surface area contributed by atoms with E-state index in [1.165, 1.54) is 0 Å². The predicted octanol–water partition coefficient (Wildman–Crippen LogP) is 2.10. The van der Waals surface area contributed by atoms with Crippen molar-refractivity contribution in [2.75, 3.05) is 0 Å². The van der Waals surface area contributed by atoms with Gasteiger partial charge in [0.05, 0.1) is 11.7 Å². The molecule has 0 aliphatic heterocycles. The van der Waals surface area contributed by atoms with Gasteiger partial charge in [0.25, 0.3) is 0 Å². The molecule has 0 aliphatic carbocycles. The van der Waals surface area contributed by atoms with Gasteiger partial charge in [-0.25, -0.2) is 0 Å². The highest BCUT2D eigenvalue weighted by molar-refractivity contribution is 9.10. The number of aromatic nitrogens is 2. The highest BCUT2D eigenvalue weighted by atomic mass is 79.9. The van der Waals surface area contributed by atoms with Gasteiger partial charge in [-0.15, -0.1) is 0 Å². The van der Waals surface area contributed by atoms with Gasteiger partial charge >= 0.3 is 0 Å². The second-order valence-electron chi connectivity index (χ2n) is 2.39. The lowest BCUT2D eigenvalue weighted by molar-refractivity contribution is 0.476. The molecular formula is C8H5BrN2O. The van der Waals surface area contributed by atoms with Gasteiger partial charge in [-0.2, -0.15) is 10.2 Å². The number of hydrogen-bond donors (Lipinski definition) is 1. The Morgan fingerprint density at radius 3 is 3.00 bits per heavy atom. The Kier molecular flexibility index (Phi) is 1.69. The molecule has 2 rings (SSSR count). The lowest BCUT2D eigenvalue weighted by Crippen LogP contribution is -1.83. The van der Waals surface area contributed by atoms with E-state index in [4.69, 9.17) is 0 Å². The maximum atomic E-state index is 9.19. The van der Waals surface area contributed by atoms with Crippen LogP contribution in [-0.2, 0) is 0 Å². The molecule has 0 saturated carbocycles. The Balaban J connectivity index is 2.88. The number of rotatable bonds is 0. The molecule has 12 heavy (non-hydrogen) atoms. The first-order chi connectivity index (χ1) is 5.77. The van der Waals surface area contributed by atoms with Crippen molar-refractivity contribution in [1.82, 2.24) is 10.2 Å². The number of hydrogen-bond acceptors (Lipinski definition) is 3. The molecule has 1 aromatic carbocycles. The number of phenolic OH excluding ortho intramolecular Hbond substituents is 1. The van der Waals surface area contributed by atoms with E-state index in [1.807, 2.05) is 0 Å². The summed E-state index contributed by atoms with van der Waals surface area (Å²) in [5, 5.41) is 17.7. The summed E-state index contributed by atoms with van der Waals surface area (Å²) < 4.78 is 0.836. The Bertz CT molecular complexity index is 430. The van der Waals surface area contributed by atoms with Crippen LogP contribution in [-0.4, -0.2) is 15.3 Å². The van der Waals surface area contributed by atoms with Crippen molar-refractivity contribution in [2.24, 2.45) is 0 Å². The minimum Gasteiger partial charge on any atom is -0.508 e. The smallest absolute Gasteiger partial charge is 0.116 e. The summed E-state index contributed by atoms with van der Waals surface area (Å²) in [4.78, 5) is 0. The van der Waals surface area contributed by atoms with Crippen molar-refractivity contribution < 1.29 is 5.11 Å². The minimum atomic E-state index is 0.233. The molecule has 60 valence electrons. The van der Waals surface area contributed by atoms with Crippen molar-refractivity contribution in [1.29, 1.82) is 0 Å². The van der Waals surface area contributed by atoms with Crippen LogP contribution in [0.4, 0.5) is 0 Å². The van der Waals surface area contributed by atoms with Crippen molar-refractivity contribution in [2.45, 2.75) is 0 Å². The van der Waals surface area contributed by atoms with Gasteiger partial charge in [-0.05, 0) is 34.1 Å². The van der Waals surface area contributed by atoms with Gasteiger partial charge in [0.1, 0.15) is 5.75 Å². The van der Waals surface area contributed by atoms with Crippen molar-refractivity contribution >= 4 is 26.8 Å². The van der Waals surface area contributed by atoms with Crippen LogP contribution >= 0.6 is 15.9 Å².